The maximum absolute atomic E-state index is 12.5. The molecule has 2 N–H and O–H groups in total. The van der Waals surface area contributed by atoms with E-state index in [1.807, 2.05) is 20.8 Å². The third kappa shape index (κ3) is 3.13. The summed E-state index contributed by atoms with van der Waals surface area (Å²) in [6.07, 6.45) is 1.73. The van der Waals surface area contributed by atoms with Crippen molar-refractivity contribution in [3.05, 3.63) is 40.9 Å². The number of nitrogens with zero attached hydrogens (tertiary/aromatic N) is 1. The summed E-state index contributed by atoms with van der Waals surface area (Å²) in [7, 11) is 0. The SMILES string of the molecule is C=CCN(C(=O)c1cccc(N)c1Br)C(C)(C)C. The molecule has 1 aromatic carbocycles. The number of carbonyl (C=O) groups is 1. The number of hydrogen-bond acceptors (Lipinski definition) is 2. The van der Waals surface area contributed by atoms with Crippen molar-refractivity contribution in [2.24, 2.45) is 0 Å². The third-order valence-electron chi connectivity index (χ3n) is 2.63. The van der Waals surface area contributed by atoms with Gasteiger partial charge in [-0.1, -0.05) is 12.1 Å². The highest BCUT2D eigenvalue weighted by Crippen LogP contribution is 2.27. The summed E-state index contributed by atoms with van der Waals surface area (Å²) in [6.45, 7) is 10.2. The number of halogens is 1. The monoisotopic (exact) mass is 310 g/mol. The van der Waals surface area contributed by atoms with E-state index in [4.69, 9.17) is 5.73 Å². The van der Waals surface area contributed by atoms with Crippen LogP contribution in [0.5, 0.6) is 0 Å². The lowest BCUT2D eigenvalue weighted by Crippen LogP contribution is -2.45. The topological polar surface area (TPSA) is 46.3 Å². The number of benzene rings is 1. The maximum atomic E-state index is 12.5. The first-order valence-electron chi connectivity index (χ1n) is 5.76. The molecule has 0 aliphatic carbocycles. The lowest BCUT2D eigenvalue weighted by Gasteiger charge is -2.35. The number of anilines is 1. The summed E-state index contributed by atoms with van der Waals surface area (Å²) in [4.78, 5) is 14.3. The molecular formula is C14H19BrN2O. The van der Waals surface area contributed by atoms with Gasteiger partial charge in [-0.25, -0.2) is 0 Å². The van der Waals surface area contributed by atoms with Crippen LogP contribution in [0, 0.1) is 0 Å². The first-order chi connectivity index (χ1) is 8.29. The van der Waals surface area contributed by atoms with E-state index >= 15 is 0 Å². The molecule has 0 aliphatic heterocycles. The van der Waals surface area contributed by atoms with Crippen molar-refractivity contribution < 1.29 is 4.79 Å². The second kappa shape index (κ2) is 5.57. The molecule has 0 heterocycles. The lowest BCUT2D eigenvalue weighted by molar-refractivity contribution is 0.0616. The smallest absolute Gasteiger partial charge is 0.255 e. The first-order valence-corrected chi connectivity index (χ1v) is 6.55. The highest BCUT2D eigenvalue weighted by atomic mass is 79.9. The Kier molecular flexibility index (Phi) is 4.57. The van der Waals surface area contributed by atoms with Gasteiger partial charge in [-0.15, -0.1) is 6.58 Å². The van der Waals surface area contributed by atoms with Crippen molar-refractivity contribution in [2.45, 2.75) is 26.3 Å². The van der Waals surface area contributed by atoms with Crippen LogP contribution in [0.3, 0.4) is 0 Å². The summed E-state index contributed by atoms with van der Waals surface area (Å²) in [5, 5.41) is 0. The van der Waals surface area contributed by atoms with Crippen LogP contribution in [0.1, 0.15) is 31.1 Å². The summed E-state index contributed by atoms with van der Waals surface area (Å²) < 4.78 is 0.647. The van der Waals surface area contributed by atoms with Crippen LogP contribution in [0.4, 0.5) is 5.69 Å². The van der Waals surface area contributed by atoms with Crippen molar-refractivity contribution in [3.63, 3.8) is 0 Å². The second-order valence-corrected chi connectivity index (χ2v) is 5.88. The van der Waals surface area contributed by atoms with Crippen LogP contribution in [0.25, 0.3) is 0 Å². The normalized spacial score (nSPS) is 11.1. The summed E-state index contributed by atoms with van der Waals surface area (Å²) in [5.41, 5.74) is 6.67. The molecule has 98 valence electrons. The molecule has 0 spiro atoms. The molecule has 4 heteroatoms. The number of carbonyl (C=O) groups excluding carboxylic acids is 1. The van der Waals surface area contributed by atoms with Gasteiger partial charge in [0, 0.05) is 17.8 Å². The number of hydrogen-bond donors (Lipinski definition) is 1. The van der Waals surface area contributed by atoms with Crippen LogP contribution < -0.4 is 5.73 Å². The van der Waals surface area contributed by atoms with E-state index < -0.39 is 0 Å². The second-order valence-electron chi connectivity index (χ2n) is 5.08. The minimum atomic E-state index is -0.269. The molecule has 0 aromatic heterocycles. The largest absolute Gasteiger partial charge is 0.398 e. The van der Waals surface area contributed by atoms with Gasteiger partial charge in [-0.2, -0.15) is 0 Å². The predicted octanol–water partition coefficient (Wildman–Crippen LogP) is 3.46. The molecule has 0 atom stereocenters. The van der Waals surface area contributed by atoms with Crippen LogP contribution in [-0.4, -0.2) is 22.9 Å². The van der Waals surface area contributed by atoms with E-state index in [0.717, 1.165) is 0 Å². The molecular weight excluding hydrogens is 292 g/mol. The quantitative estimate of drug-likeness (QED) is 0.686. The average Bonchev–Trinajstić information content (AvgIpc) is 2.27. The number of nitrogens with two attached hydrogens (primary N) is 1. The van der Waals surface area contributed by atoms with E-state index in [0.29, 0.717) is 22.3 Å². The summed E-state index contributed by atoms with van der Waals surface area (Å²) in [5.74, 6) is -0.0541. The van der Waals surface area contributed by atoms with Gasteiger partial charge in [0.15, 0.2) is 0 Å². The standard InChI is InChI=1S/C14H19BrN2O/c1-5-9-17(14(2,3)4)13(18)10-7-6-8-11(16)12(10)15/h5-8H,1,9,16H2,2-4H3. The fourth-order valence-electron chi connectivity index (χ4n) is 1.65. The molecule has 0 unspecified atom stereocenters. The minimum absolute atomic E-state index is 0.0541. The molecule has 0 fully saturated rings. The van der Waals surface area contributed by atoms with Gasteiger partial charge in [0.1, 0.15) is 0 Å². The Balaban J connectivity index is 3.18. The number of nitrogen functional groups attached to an aromatic ring is 1. The molecule has 0 saturated carbocycles. The Morgan fingerprint density at radius 1 is 1.50 bits per heavy atom. The van der Waals surface area contributed by atoms with Crippen LogP contribution in [0.15, 0.2) is 35.3 Å². The van der Waals surface area contributed by atoms with Gasteiger partial charge in [0.25, 0.3) is 5.91 Å². The highest BCUT2D eigenvalue weighted by Gasteiger charge is 2.27. The van der Waals surface area contributed by atoms with E-state index in [1.54, 1.807) is 29.2 Å². The van der Waals surface area contributed by atoms with E-state index in [9.17, 15) is 4.79 Å². The third-order valence-corrected chi connectivity index (χ3v) is 3.51. The predicted molar refractivity (Wildman–Crippen MR) is 79.5 cm³/mol. The van der Waals surface area contributed by atoms with Crippen molar-refractivity contribution in [3.8, 4) is 0 Å². The van der Waals surface area contributed by atoms with Gasteiger partial charge in [0.2, 0.25) is 0 Å². The molecule has 0 aliphatic rings. The average molecular weight is 311 g/mol. The highest BCUT2D eigenvalue weighted by molar-refractivity contribution is 9.10. The Morgan fingerprint density at radius 2 is 2.11 bits per heavy atom. The van der Waals surface area contributed by atoms with Gasteiger partial charge in [0.05, 0.1) is 10.0 Å². The zero-order valence-corrected chi connectivity index (χ0v) is 12.6. The fraction of sp³-hybridized carbons (Fsp3) is 0.357. The van der Waals surface area contributed by atoms with Crippen molar-refractivity contribution >= 4 is 27.5 Å². The lowest BCUT2D eigenvalue weighted by atomic mass is 10.0. The molecule has 1 aromatic rings. The van der Waals surface area contributed by atoms with E-state index in [1.165, 1.54) is 0 Å². The Labute approximate surface area is 117 Å². The van der Waals surface area contributed by atoms with Crippen LogP contribution >= 0.6 is 15.9 Å². The van der Waals surface area contributed by atoms with E-state index in [-0.39, 0.29) is 11.4 Å². The number of rotatable bonds is 3. The molecule has 1 rings (SSSR count). The first kappa shape index (κ1) is 14.8. The van der Waals surface area contributed by atoms with Gasteiger partial charge < -0.3 is 10.6 Å². The molecule has 18 heavy (non-hydrogen) atoms. The van der Waals surface area contributed by atoms with E-state index in [2.05, 4.69) is 22.5 Å². The Bertz CT molecular complexity index is 463. The van der Waals surface area contributed by atoms with Crippen molar-refractivity contribution in [1.29, 1.82) is 0 Å². The van der Waals surface area contributed by atoms with Crippen LogP contribution in [0.2, 0.25) is 0 Å². The van der Waals surface area contributed by atoms with Gasteiger partial charge in [-0.05, 0) is 48.8 Å². The summed E-state index contributed by atoms with van der Waals surface area (Å²) in [6, 6.07) is 5.31. The molecule has 0 saturated heterocycles. The van der Waals surface area contributed by atoms with Crippen molar-refractivity contribution in [2.75, 3.05) is 12.3 Å². The zero-order valence-electron chi connectivity index (χ0n) is 11.0. The molecule has 1 amide bonds. The maximum Gasteiger partial charge on any atom is 0.255 e. The van der Waals surface area contributed by atoms with Gasteiger partial charge >= 0.3 is 0 Å². The molecule has 3 nitrogen and oxygen atoms in total. The van der Waals surface area contributed by atoms with Gasteiger partial charge in [-0.3, -0.25) is 4.79 Å². The Hall–Kier alpha value is -1.29. The minimum Gasteiger partial charge on any atom is -0.398 e. The number of amides is 1. The van der Waals surface area contributed by atoms with Crippen molar-refractivity contribution in [1.82, 2.24) is 4.90 Å². The van der Waals surface area contributed by atoms with Crippen LogP contribution in [-0.2, 0) is 0 Å². The summed E-state index contributed by atoms with van der Waals surface area (Å²) >= 11 is 3.37. The fourth-order valence-corrected chi connectivity index (χ4v) is 2.08. The molecule has 0 radical (unpaired) electrons. The Morgan fingerprint density at radius 3 is 2.61 bits per heavy atom. The zero-order chi connectivity index (χ0) is 13.9. The molecule has 0 bridgehead atoms.